The van der Waals surface area contributed by atoms with Crippen LogP contribution >= 0.6 is 11.6 Å². The van der Waals surface area contributed by atoms with Gasteiger partial charge in [0.1, 0.15) is 0 Å². The van der Waals surface area contributed by atoms with Gasteiger partial charge in [-0.3, -0.25) is 0 Å². The topological polar surface area (TPSA) is 23.8 Å². The summed E-state index contributed by atoms with van der Waals surface area (Å²) in [6, 6.07) is 0. The van der Waals surface area contributed by atoms with E-state index in [4.69, 9.17) is 17.3 Å². The average molecular weight is 262 g/mol. The van der Waals surface area contributed by atoms with E-state index in [0.717, 1.165) is 0 Å². The Bertz CT molecular complexity index is 11.6. The van der Waals surface area contributed by atoms with Gasteiger partial charge in [-0.1, -0.05) is 0 Å². The van der Waals surface area contributed by atoms with E-state index in [9.17, 15) is 0 Å². The third-order valence-corrected chi connectivity index (χ3v) is 0.283. The van der Waals surface area contributed by atoms with Crippen molar-refractivity contribution in [1.82, 2.24) is 0 Å². The number of alkyl halides is 1. The maximum atomic E-state index is 6.32. The van der Waals surface area contributed by atoms with Crippen LogP contribution in [0.3, 0.4) is 0 Å². The van der Waals surface area contributed by atoms with E-state index >= 15 is 0 Å². The molecule has 0 aromatic carbocycles. The summed E-state index contributed by atoms with van der Waals surface area (Å²) in [5.41, 5.74) is 6.32. The Morgan fingerprint density at radius 1 is 1.60 bits per heavy atom. The van der Waals surface area contributed by atoms with E-state index in [1.54, 1.807) is 0 Å². The fourth-order valence-electron chi connectivity index (χ4n) is 0. The standard InChI is InChI=1S/C2H5ClN.W/c3-1-2-4;/h4H,1-2H2;/q-1;. The quantitative estimate of drug-likeness (QED) is 0.636. The first-order valence-electron chi connectivity index (χ1n) is 1.12. The summed E-state index contributed by atoms with van der Waals surface area (Å²) in [5.74, 6) is 0.458. The minimum absolute atomic E-state index is 0. The summed E-state index contributed by atoms with van der Waals surface area (Å²) in [5, 5.41) is 0. The molecule has 0 saturated heterocycles. The molecule has 3 heteroatoms. The molecule has 0 amide bonds. The molecule has 0 spiro atoms. The van der Waals surface area contributed by atoms with Crippen LogP contribution in [0.1, 0.15) is 0 Å². The third-order valence-electron chi connectivity index (χ3n) is 0.0945. The summed E-state index contributed by atoms with van der Waals surface area (Å²) in [4.78, 5) is 0. The van der Waals surface area contributed by atoms with Crippen LogP contribution in [-0.2, 0) is 21.1 Å². The molecule has 0 aliphatic carbocycles. The number of hydrogen-bond donors (Lipinski definition) is 0. The zero-order valence-corrected chi connectivity index (χ0v) is 6.39. The average Bonchev–Trinajstić information content (AvgIpc) is 1.37. The normalized spacial score (nSPS) is 6.00. The van der Waals surface area contributed by atoms with Crippen LogP contribution in [0.25, 0.3) is 5.73 Å². The van der Waals surface area contributed by atoms with Gasteiger partial charge in [0.15, 0.2) is 0 Å². The van der Waals surface area contributed by atoms with Crippen LogP contribution in [0.4, 0.5) is 0 Å². The van der Waals surface area contributed by atoms with Gasteiger partial charge in [0, 0.05) is 26.9 Å². The van der Waals surface area contributed by atoms with Crippen molar-refractivity contribution in [3.05, 3.63) is 5.73 Å². The summed E-state index contributed by atoms with van der Waals surface area (Å²) < 4.78 is 0. The molecule has 0 aliphatic rings. The van der Waals surface area contributed by atoms with Gasteiger partial charge < -0.3 is 5.73 Å². The maximum absolute atomic E-state index is 6.32. The van der Waals surface area contributed by atoms with Gasteiger partial charge in [0.05, 0.1) is 0 Å². The molecule has 1 N–H and O–H groups in total. The van der Waals surface area contributed by atoms with Crippen molar-refractivity contribution >= 4 is 11.6 Å². The molecule has 1 nitrogen and oxygen atoms in total. The van der Waals surface area contributed by atoms with Crippen LogP contribution in [0.5, 0.6) is 0 Å². The van der Waals surface area contributed by atoms with Crippen molar-refractivity contribution < 1.29 is 21.1 Å². The van der Waals surface area contributed by atoms with E-state index in [1.165, 1.54) is 0 Å². The van der Waals surface area contributed by atoms with Crippen molar-refractivity contribution in [3.8, 4) is 0 Å². The molecule has 0 radical (unpaired) electrons. The SMILES string of the molecule is [NH-]CCCl.[W]. The predicted molar refractivity (Wildman–Crippen MR) is 19.9 cm³/mol. The molecular formula is C2H5ClNW-. The van der Waals surface area contributed by atoms with E-state index in [-0.39, 0.29) is 21.1 Å². The van der Waals surface area contributed by atoms with Crippen LogP contribution in [0.15, 0.2) is 0 Å². The second kappa shape index (κ2) is 8.87. The van der Waals surface area contributed by atoms with Crippen LogP contribution in [-0.4, -0.2) is 12.4 Å². The largest absolute Gasteiger partial charge is 0.676 e. The predicted octanol–water partition coefficient (Wildman–Crippen LogP) is 1.27. The molecule has 0 bridgehead atoms. The molecule has 0 atom stereocenters. The third kappa shape index (κ3) is 11.3. The van der Waals surface area contributed by atoms with Gasteiger partial charge in [0.25, 0.3) is 0 Å². The first-order chi connectivity index (χ1) is 1.91. The van der Waals surface area contributed by atoms with Gasteiger partial charge in [-0.15, -0.1) is 18.1 Å². The van der Waals surface area contributed by atoms with Crippen molar-refractivity contribution in [3.63, 3.8) is 0 Å². The van der Waals surface area contributed by atoms with E-state index < -0.39 is 0 Å². The first kappa shape index (κ1) is 9.34. The first-order valence-corrected chi connectivity index (χ1v) is 1.66. The molecule has 0 rings (SSSR count). The Morgan fingerprint density at radius 3 is 1.80 bits per heavy atom. The maximum Gasteiger partial charge on any atom is 0.00330 e. The Morgan fingerprint density at radius 2 is 1.80 bits per heavy atom. The second-order valence-corrected chi connectivity index (χ2v) is 0.817. The smallest absolute Gasteiger partial charge is 0.00330 e. The minimum atomic E-state index is 0. The fourth-order valence-corrected chi connectivity index (χ4v) is 0. The summed E-state index contributed by atoms with van der Waals surface area (Å²) in [6.07, 6.45) is 0. The molecule has 5 heavy (non-hydrogen) atoms. The summed E-state index contributed by atoms with van der Waals surface area (Å²) in [7, 11) is 0. The molecule has 0 aliphatic heterocycles. The second-order valence-electron chi connectivity index (χ2n) is 0.439. The van der Waals surface area contributed by atoms with Crippen molar-refractivity contribution in [1.29, 1.82) is 0 Å². The fraction of sp³-hybridized carbons (Fsp3) is 1.00. The summed E-state index contributed by atoms with van der Waals surface area (Å²) >= 11 is 5.00. The molecule has 0 aromatic rings. The molecule has 32 valence electrons. The summed E-state index contributed by atoms with van der Waals surface area (Å²) in [6.45, 7) is 0.335. The zero-order chi connectivity index (χ0) is 3.41. The Labute approximate surface area is 51.1 Å². The molecule has 0 aromatic heterocycles. The molecule has 0 saturated carbocycles. The van der Waals surface area contributed by atoms with E-state index in [0.29, 0.717) is 12.4 Å². The number of hydrogen-bond acceptors (Lipinski definition) is 0. The molecule has 0 unspecified atom stereocenters. The van der Waals surface area contributed by atoms with Gasteiger partial charge >= 0.3 is 0 Å². The Balaban J connectivity index is 0. The number of rotatable bonds is 1. The van der Waals surface area contributed by atoms with E-state index in [1.807, 2.05) is 0 Å². The van der Waals surface area contributed by atoms with Gasteiger partial charge in [-0.05, 0) is 0 Å². The molecule has 0 fully saturated rings. The van der Waals surface area contributed by atoms with Gasteiger partial charge in [-0.2, -0.15) is 0 Å². The molecular weight excluding hydrogens is 257 g/mol. The van der Waals surface area contributed by atoms with Crippen molar-refractivity contribution in [2.24, 2.45) is 0 Å². The van der Waals surface area contributed by atoms with Gasteiger partial charge in [0.2, 0.25) is 0 Å². The van der Waals surface area contributed by atoms with Crippen LogP contribution in [0, 0.1) is 0 Å². The molecule has 0 heterocycles. The zero-order valence-electron chi connectivity index (χ0n) is 2.70. The Hall–Kier alpha value is 0.938. The Kier molecular flexibility index (Phi) is 16.6. The van der Waals surface area contributed by atoms with E-state index in [2.05, 4.69) is 0 Å². The van der Waals surface area contributed by atoms with Crippen molar-refractivity contribution in [2.45, 2.75) is 0 Å². The monoisotopic (exact) mass is 262 g/mol. The van der Waals surface area contributed by atoms with Crippen molar-refractivity contribution in [2.75, 3.05) is 12.4 Å². The number of halogens is 1. The minimum Gasteiger partial charge on any atom is -0.676 e. The number of nitrogens with one attached hydrogen (secondary N) is 1. The van der Waals surface area contributed by atoms with Gasteiger partial charge in [-0.25, -0.2) is 0 Å². The van der Waals surface area contributed by atoms with Crippen LogP contribution < -0.4 is 0 Å². The van der Waals surface area contributed by atoms with Crippen LogP contribution in [0.2, 0.25) is 0 Å².